The number of rotatable bonds is 5. The van der Waals surface area contributed by atoms with Gasteiger partial charge in [0.2, 0.25) is 0 Å². The second-order valence-corrected chi connectivity index (χ2v) is 10.2. The van der Waals surface area contributed by atoms with Crippen molar-refractivity contribution >= 4 is 5.91 Å². The van der Waals surface area contributed by atoms with Crippen LogP contribution in [0.25, 0.3) is 11.1 Å². The molecule has 2 aliphatic heterocycles. The fourth-order valence-corrected chi connectivity index (χ4v) is 6.62. The van der Waals surface area contributed by atoms with Gasteiger partial charge in [-0.3, -0.25) is 4.79 Å². The van der Waals surface area contributed by atoms with E-state index in [-0.39, 0.29) is 11.3 Å². The lowest BCUT2D eigenvalue weighted by Gasteiger charge is -2.39. The highest BCUT2D eigenvalue weighted by Crippen LogP contribution is 2.54. The van der Waals surface area contributed by atoms with Crippen LogP contribution in [0.5, 0.6) is 0 Å². The van der Waals surface area contributed by atoms with Gasteiger partial charge in [0.25, 0.3) is 5.91 Å². The van der Waals surface area contributed by atoms with E-state index in [4.69, 9.17) is 0 Å². The molecule has 3 aromatic carbocycles. The second-order valence-electron chi connectivity index (χ2n) is 10.2. The van der Waals surface area contributed by atoms with E-state index in [1.165, 1.54) is 33.4 Å². The molecule has 3 heteroatoms. The Balaban J connectivity index is 1.17. The van der Waals surface area contributed by atoms with Gasteiger partial charge in [0.05, 0.1) is 0 Å². The first-order valence-corrected chi connectivity index (χ1v) is 12.6. The van der Waals surface area contributed by atoms with E-state index >= 15 is 0 Å². The molecule has 172 valence electrons. The van der Waals surface area contributed by atoms with Crippen molar-refractivity contribution in [3.63, 3.8) is 0 Å². The molecule has 0 spiro atoms. The summed E-state index contributed by atoms with van der Waals surface area (Å²) < 4.78 is 0. The quantitative estimate of drug-likeness (QED) is 0.444. The zero-order valence-electron chi connectivity index (χ0n) is 20.0. The smallest absolute Gasteiger partial charge is 0.254 e. The molecule has 0 unspecified atom stereocenters. The molecule has 0 radical (unpaired) electrons. The molecule has 0 bridgehead atoms. The minimum absolute atomic E-state index is 0.128. The van der Waals surface area contributed by atoms with E-state index in [0.29, 0.717) is 6.04 Å². The summed E-state index contributed by atoms with van der Waals surface area (Å²) in [6.07, 6.45) is 3.13. The third-order valence-corrected chi connectivity index (χ3v) is 8.44. The van der Waals surface area contributed by atoms with E-state index < -0.39 is 0 Å². The first-order valence-electron chi connectivity index (χ1n) is 12.6. The molecular weight excluding hydrogens is 416 g/mol. The van der Waals surface area contributed by atoms with Crippen LogP contribution in [-0.2, 0) is 12.0 Å². The lowest BCUT2D eigenvalue weighted by atomic mass is 9.70. The maximum atomic E-state index is 12.9. The number of hydrogen-bond donors (Lipinski definition) is 0. The summed E-state index contributed by atoms with van der Waals surface area (Å²) in [6.45, 7) is 10.6. The molecular formula is C31H32N2O. The van der Waals surface area contributed by atoms with Crippen molar-refractivity contribution in [1.82, 2.24) is 9.80 Å². The lowest BCUT2D eigenvalue weighted by molar-refractivity contribution is 0.0593. The van der Waals surface area contributed by atoms with Crippen molar-refractivity contribution in [2.45, 2.75) is 44.2 Å². The van der Waals surface area contributed by atoms with Crippen LogP contribution in [0.1, 0.15) is 53.2 Å². The number of fused-ring (bicyclic) bond motifs is 4. The predicted molar refractivity (Wildman–Crippen MR) is 138 cm³/mol. The number of amides is 1. The Bertz CT molecular complexity index is 1220. The minimum Gasteiger partial charge on any atom is -0.331 e. The maximum Gasteiger partial charge on any atom is 0.254 e. The van der Waals surface area contributed by atoms with E-state index in [1.54, 1.807) is 0 Å². The summed E-state index contributed by atoms with van der Waals surface area (Å²) in [5, 5.41) is 0. The van der Waals surface area contributed by atoms with Crippen LogP contribution >= 0.6 is 0 Å². The number of benzene rings is 3. The fourth-order valence-electron chi connectivity index (χ4n) is 6.62. The average molecular weight is 449 g/mol. The summed E-state index contributed by atoms with van der Waals surface area (Å²) in [5.41, 5.74) is 8.68. The Morgan fingerprint density at radius 1 is 0.882 bits per heavy atom. The molecule has 3 aliphatic rings. The van der Waals surface area contributed by atoms with Crippen molar-refractivity contribution in [2.24, 2.45) is 0 Å². The van der Waals surface area contributed by atoms with Crippen LogP contribution in [0.4, 0.5) is 0 Å². The van der Waals surface area contributed by atoms with Crippen LogP contribution < -0.4 is 0 Å². The van der Waals surface area contributed by atoms with Crippen molar-refractivity contribution < 1.29 is 4.79 Å². The highest BCUT2D eigenvalue weighted by Gasteiger charge is 2.44. The van der Waals surface area contributed by atoms with Gasteiger partial charge in [0.15, 0.2) is 0 Å². The van der Waals surface area contributed by atoms with Gasteiger partial charge in [0.1, 0.15) is 0 Å². The molecule has 3 nitrogen and oxygen atoms in total. The Labute approximate surface area is 202 Å². The van der Waals surface area contributed by atoms with E-state index in [0.717, 1.165) is 51.0 Å². The monoisotopic (exact) mass is 448 g/mol. The van der Waals surface area contributed by atoms with Gasteiger partial charge in [-0.15, -0.1) is 0 Å². The van der Waals surface area contributed by atoms with Gasteiger partial charge < -0.3 is 9.80 Å². The average Bonchev–Trinajstić information content (AvgIpc) is 3.36. The van der Waals surface area contributed by atoms with Crippen LogP contribution in [0.3, 0.4) is 0 Å². The molecule has 1 aliphatic carbocycles. The normalized spacial score (nSPS) is 19.1. The highest BCUT2D eigenvalue weighted by atomic mass is 16.2. The van der Waals surface area contributed by atoms with Crippen LogP contribution in [0.2, 0.25) is 0 Å². The molecule has 1 amide bonds. The molecule has 0 aromatic heterocycles. The van der Waals surface area contributed by atoms with Crippen LogP contribution in [0, 0.1) is 0 Å². The van der Waals surface area contributed by atoms with E-state index in [9.17, 15) is 4.79 Å². The largest absolute Gasteiger partial charge is 0.331 e. The molecule has 2 heterocycles. The van der Waals surface area contributed by atoms with Crippen molar-refractivity contribution in [1.29, 1.82) is 0 Å². The number of nitrogens with zero attached hydrogens (tertiary/aromatic N) is 2. The van der Waals surface area contributed by atoms with E-state index in [1.807, 2.05) is 18.2 Å². The zero-order chi connectivity index (χ0) is 23.3. The molecule has 0 saturated carbocycles. The molecule has 0 N–H and O–H groups in total. The Kier molecular flexibility index (Phi) is 5.18. The first kappa shape index (κ1) is 21.4. The van der Waals surface area contributed by atoms with Crippen molar-refractivity contribution in [3.05, 3.63) is 107 Å². The maximum absolute atomic E-state index is 12.9. The number of hydrogen-bond acceptors (Lipinski definition) is 2. The van der Waals surface area contributed by atoms with Crippen LogP contribution in [0.15, 0.2) is 84.9 Å². The Morgan fingerprint density at radius 2 is 1.44 bits per heavy atom. The number of carbonyl (C=O) groups excluding carboxylic acids is 1. The highest BCUT2D eigenvalue weighted by molar-refractivity contribution is 5.98. The molecule has 0 atom stereocenters. The minimum atomic E-state index is -0.128. The summed E-state index contributed by atoms with van der Waals surface area (Å²) in [6, 6.07) is 26.2. The van der Waals surface area contributed by atoms with Gasteiger partial charge in [-0.25, -0.2) is 0 Å². The van der Waals surface area contributed by atoms with Gasteiger partial charge >= 0.3 is 0 Å². The molecule has 34 heavy (non-hydrogen) atoms. The second kappa shape index (κ2) is 8.25. The standard InChI is InChI=1S/C31H32N2O/c1-22(2)31(28-13-7-5-11-26(28)27-12-6-8-14-29(27)31)17-20-32-18-15-24(16-19-32)33-21-23-9-3-4-10-25(23)30(33)34/h3-14,24H,1,15-21H2,2H3. The van der Waals surface area contributed by atoms with E-state index in [2.05, 4.69) is 77.9 Å². The SMILES string of the molecule is C=C(C)C1(CCN2CCC(N3Cc4ccccc4C3=O)CC2)c2ccccc2-c2ccccc21. The number of likely N-dealkylation sites (tertiary alicyclic amines) is 1. The predicted octanol–water partition coefficient (Wildman–Crippen LogP) is 6.04. The number of piperidine rings is 1. The third kappa shape index (κ3) is 3.18. The summed E-state index contributed by atoms with van der Waals surface area (Å²) in [4.78, 5) is 17.6. The fraction of sp³-hybridized carbons (Fsp3) is 0.323. The number of carbonyl (C=O) groups is 1. The lowest BCUT2D eigenvalue weighted by Crippen LogP contribution is -2.46. The summed E-state index contributed by atoms with van der Waals surface area (Å²) in [5.74, 6) is 0.217. The van der Waals surface area contributed by atoms with Gasteiger partial charge in [-0.2, -0.15) is 0 Å². The first-order chi connectivity index (χ1) is 16.6. The zero-order valence-corrected chi connectivity index (χ0v) is 20.0. The van der Waals surface area contributed by atoms with Gasteiger partial charge in [-0.1, -0.05) is 78.9 Å². The molecule has 1 saturated heterocycles. The molecule has 6 rings (SSSR count). The Hall–Kier alpha value is -3.17. The molecule has 3 aromatic rings. The third-order valence-electron chi connectivity index (χ3n) is 8.44. The summed E-state index contributed by atoms with van der Waals surface area (Å²) >= 11 is 0. The van der Waals surface area contributed by atoms with Gasteiger partial charge in [-0.05, 0) is 66.6 Å². The van der Waals surface area contributed by atoms with Gasteiger partial charge in [0, 0.05) is 36.7 Å². The number of allylic oxidation sites excluding steroid dienone is 1. The summed E-state index contributed by atoms with van der Waals surface area (Å²) in [7, 11) is 0. The van der Waals surface area contributed by atoms with Crippen LogP contribution in [-0.4, -0.2) is 41.4 Å². The van der Waals surface area contributed by atoms with Crippen molar-refractivity contribution in [3.8, 4) is 11.1 Å². The van der Waals surface area contributed by atoms with Crippen molar-refractivity contribution in [2.75, 3.05) is 19.6 Å². The molecule has 1 fully saturated rings. The topological polar surface area (TPSA) is 23.6 Å². The Morgan fingerprint density at radius 3 is 2.03 bits per heavy atom.